The van der Waals surface area contributed by atoms with Crippen LogP contribution in [0.3, 0.4) is 0 Å². The topological polar surface area (TPSA) is 70.9 Å². The maximum absolute atomic E-state index is 13.0. The molecular weight excluding hydrogens is 456 g/mol. The van der Waals surface area contributed by atoms with E-state index in [4.69, 9.17) is 4.74 Å². The lowest BCUT2D eigenvalue weighted by atomic mass is 9.90. The molecule has 3 rings (SSSR count). The van der Waals surface area contributed by atoms with Gasteiger partial charge in [0.15, 0.2) is 11.5 Å². The Morgan fingerprint density at radius 2 is 1.87 bits per heavy atom. The first-order chi connectivity index (χ1) is 15.0. The second-order valence-electron chi connectivity index (χ2n) is 7.11. The smallest absolute Gasteiger partial charge is 0.247 e. The third-order valence-electron chi connectivity index (χ3n) is 4.94. The van der Waals surface area contributed by atoms with Crippen LogP contribution in [-0.2, 0) is 11.2 Å². The number of carbonyl (C=O) groups excluding carboxylic acids is 1. The number of carbonyl (C=O) groups is 1. The number of hydrazone groups is 1. The molecule has 0 aliphatic heterocycles. The van der Waals surface area contributed by atoms with Crippen LogP contribution >= 0.6 is 15.9 Å². The molecule has 0 spiro atoms. The summed E-state index contributed by atoms with van der Waals surface area (Å²) in [6.45, 7) is 4.31. The molecule has 3 aromatic rings. The fourth-order valence-corrected chi connectivity index (χ4v) is 3.75. The number of aryl methyl sites for hydroxylation is 1. The molecule has 31 heavy (non-hydrogen) atoms. The van der Waals surface area contributed by atoms with Crippen molar-refractivity contribution in [1.29, 1.82) is 0 Å². The average molecular weight is 481 g/mol. The molecule has 0 aliphatic rings. The lowest BCUT2D eigenvalue weighted by Gasteiger charge is -2.17. The summed E-state index contributed by atoms with van der Waals surface area (Å²) in [6, 6.07) is 21.2. The Morgan fingerprint density at radius 1 is 1.16 bits per heavy atom. The van der Waals surface area contributed by atoms with Gasteiger partial charge in [-0.1, -0.05) is 54.6 Å². The van der Waals surface area contributed by atoms with Gasteiger partial charge in [0.25, 0.3) is 0 Å². The molecule has 0 heterocycles. The van der Waals surface area contributed by atoms with Crippen LogP contribution in [0.15, 0.2) is 76.3 Å². The number of hydrogen-bond donors (Lipinski definition) is 2. The highest BCUT2D eigenvalue weighted by Crippen LogP contribution is 2.35. The summed E-state index contributed by atoms with van der Waals surface area (Å²) >= 11 is 3.31. The van der Waals surface area contributed by atoms with Crippen molar-refractivity contribution in [2.45, 2.75) is 26.2 Å². The first-order valence-corrected chi connectivity index (χ1v) is 10.9. The zero-order valence-electron chi connectivity index (χ0n) is 17.5. The Morgan fingerprint density at radius 3 is 2.58 bits per heavy atom. The van der Waals surface area contributed by atoms with E-state index >= 15 is 0 Å². The Hall–Kier alpha value is -3.12. The van der Waals surface area contributed by atoms with E-state index in [-0.39, 0.29) is 17.6 Å². The summed E-state index contributed by atoms with van der Waals surface area (Å²) in [6.07, 6.45) is 2.11. The zero-order chi connectivity index (χ0) is 22.2. The van der Waals surface area contributed by atoms with Crippen molar-refractivity contribution in [1.82, 2.24) is 5.43 Å². The lowest BCUT2D eigenvalue weighted by molar-refractivity contribution is -0.122. The number of halogens is 1. The van der Waals surface area contributed by atoms with Gasteiger partial charge in [0.05, 0.1) is 23.2 Å². The fraction of sp³-hybridized carbons (Fsp3) is 0.200. The van der Waals surface area contributed by atoms with Gasteiger partial charge in [-0.05, 0) is 70.6 Å². The van der Waals surface area contributed by atoms with E-state index in [9.17, 15) is 9.90 Å². The molecule has 6 heteroatoms. The van der Waals surface area contributed by atoms with E-state index in [2.05, 4.69) is 26.5 Å². The summed E-state index contributed by atoms with van der Waals surface area (Å²) < 4.78 is 5.92. The molecule has 160 valence electrons. The third-order valence-corrected chi connectivity index (χ3v) is 5.55. The highest BCUT2D eigenvalue weighted by molar-refractivity contribution is 9.10. The van der Waals surface area contributed by atoms with Crippen LogP contribution in [-0.4, -0.2) is 23.8 Å². The minimum absolute atomic E-state index is 0.0328. The lowest BCUT2D eigenvalue weighted by Crippen LogP contribution is -2.27. The average Bonchev–Trinajstić information content (AvgIpc) is 2.77. The molecule has 0 unspecified atom stereocenters. The predicted octanol–water partition coefficient (Wildman–Crippen LogP) is 5.34. The van der Waals surface area contributed by atoms with Gasteiger partial charge in [-0.25, -0.2) is 5.43 Å². The summed E-state index contributed by atoms with van der Waals surface area (Å²) in [7, 11) is 0. The van der Waals surface area contributed by atoms with Crippen molar-refractivity contribution in [2.75, 3.05) is 6.61 Å². The highest BCUT2D eigenvalue weighted by atomic mass is 79.9. The van der Waals surface area contributed by atoms with Gasteiger partial charge in [-0.3, -0.25) is 4.79 Å². The van der Waals surface area contributed by atoms with E-state index in [1.165, 1.54) is 6.21 Å². The fourth-order valence-electron chi connectivity index (χ4n) is 3.29. The van der Waals surface area contributed by atoms with E-state index in [1.54, 1.807) is 12.1 Å². The number of phenolic OH excluding ortho intramolecular Hbond substituents is 1. The third kappa shape index (κ3) is 5.95. The predicted molar refractivity (Wildman–Crippen MR) is 127 cm³/mol. The number of rotatable bonds is 8. The summed E-state index contributed by atoms with van der Waals surface area (Å²) in [5.74, 6) is -0.171. The molecule has 1 amide bonds. The minimum Gasteiger partial charge on any atom is -0.503 e. The molecule has 2 N–H and O–H groups in total. The molecule has 5 nitrogen and oxygen atoms in total. The molecule has 0 radical (unpaired) electrons. The van der Waals surface area contributed by atoms with Crippen molar-refractivity contribution in [3.63, 3.8) is 0 Å². The largest absolute Gasteiger partial charge is 0.503 e. The maximum Gasteiger partial charge on any atom is 0.247 e. The van der Waals surface area contributed by atoms with Gasteiger partial charge in [0, 0.05) is 0 Å². The van der Waals surface area contributed by atoms with Crippen molar-refractivity contribution < 1.29 is 14.6 Å². The van der Waals surface area contributed by atoms with Crippen molar-refractivity contribution in [3.05, 3.63) is 93.5 Å². The van der Waals surface area contributed by atoms with Gasteiger partial charge >= 0.3 is 0 Å². The zero-order valence-corrected chi connectivity index (χ0v) is 19.1. The van der Waals surface area contributed by atoms with Gasteiger partial charge in [0.1, 0.15) is 0 Å². The Balaban J connectivity index is 1.79. The normalized spacial score (nSPS) is 12.0. The van der Waals surface area contributed by atoms with E-state index in [0.29, 0.717) is 28.8 Å². The van der Waals surface area contributed by atoms with Crippen LogP contribution < -0.4 is 10.2 Å². The number of benzene rings is 3. The summed E-state index contributed by atoms with van der Waals surface area (Å²) in [5.41, 5.74) is 6.56. The number of phenols is 1. The molecule has 3 aromatic carbocycles. The van der Waals surface area contributed by atoms with Crippen LogP contribution in [0.2, 0.25) is 0 Å². The molecule has 0 aliphatic carbocycles. The number of amides is 1. The number of ether oxygens (including phenoxy) is 1. The second kappa shape index (κ2) is 10.8. The van der Waals surface area contributed by atoms with Gasteiger partial charge < -0.3 is 9.84 Å². The quantitative estimate of drug-likeness (QED) is 0.337. The Labute approximate surface area is 190 Å². The molecule has 0 bridgehead atoms. The molecular formula is C25H25BrN2O3. The first-order valence-electron chi connectivity index (χ1n) is 10.1. The standard InChI is InChI=1S/C25H25BrN2O3/c1-3-31-23-14-18(13-22(26)24(23)29)16-27-28-25(30)21(19-10-5-4-6-11-19)15-20-12-8-7-9-17(20)2/h4-14,16,21,29H,3,15H2,1-2H3,(H,28,30)/b27-16-/t21-/m0/s1. The van der Waals surface area contributed by atoms with Crippen LogP contribution in [0.5, 0.6) is 11.5 Å². The van der Waals surface area contributed by atoms with E-state index in [0.717, 1.165) is 16.7 Å². The van der Waals surface area contributed by atoms with Gasteiger partial charge in [0.2, 0.25) is 5.91 Å². The SMILES string of the molecule is CCOc1cc(/C=N\NC(=O)[C@@H](Cc2ccccc2C)c2ccccc2)cc(Br)c1O. The molecule has 0 saturated carbocycles. The van der Waals surface area contributed by atoms with Gasteiger partial charge in [-0.2, -0.15) is 5.10 Å². The van der Waals surface area contributed by atoms with E-state index < -0.39 is 0 Å². The van der Waals surface area contributed by atoms with Crippen LogP contribution in [0.1, 0.15) is 35.1 Å². The number of aromatic hydroxyl groups is 1. The Kier molecular flexibility index (Phi) is 7.84. The Bertz CT molecular complexity index is 1070. The molecule has 1 atom stereocenters. The number of hydrogen-bond acceptors (Lipinski definition) is 4. The first kappa shape index (κ1) is 22.6. The number of nitrogens with one attached hydrogen (secondary N) is 1. The van der Waals surface area contributed by atoms with E-state index in [1.807, 2.05) is 68.4 Å². The molecule has 0 fully saturated rings. The highest BCUT2D eigenvalue weighted by Gasteiger charge is 2.21. The van der Waals surface area contributed by atoms with Crippen molar-refractivity contribution in [2.24, 2.45) is 5.10 Å². The van der Waals surface area contributed by atoms with Crippen LogP contribution in [0.4, 0.5) is 0 Å². The molecule has 0 saturated heterocycles. The van der Waals surface area contributed by atoms with Crippen molar-refractivity contribution in [3.8, 4) is 11.5 Å². The number of nitrogens with zero attached hydrogens (tertiary/aromatic N) is 1. The summed E-state index contributed by atoms with van der Waals surface area (Å²) in [5, 5.41) is 14.2. The van der Waals surface area contributed by atoms with Crippen LogP contribution in [0.25, 0.3) is 0 Å². The maximum atomic E-state index is 13.0. The van der Waals surface area contributed by atoms with Crippen LogP contribution in [0, 0.1) is 6.92 Å². The van der Waals surface area contributed by atoms with Gasteiger partial charge in [-0.15, -0.1) is 0 Å². The summed E-state index contributed by atoms with van der Waals surface area (Å²) in [4.78, 5) is 13.0. The monoisotopic (exact) mass is 480 g/mol. The molecule has 0 aromatic heterocycles. The van der Waals surface area contributed by atoms with Crippen molar-refractivity contribution >= 4 is 28.1 Å². The second-order valence-corrected chi connectivity index (χ2v) is 7.96. The minimum atomic E-state index is -0.370.